The third-order valence-electron chi connectivity index (χ3n) is 2.30. The van der Waals surface area contributed by atoms with Crippen LogP contribution in [0.1, 0.15) is 10.4 Å². The Morgan fingerprint density at radius 3 is 2.11 bits per heavy atom. The lowest BCUT2D eigenvalue weighted by molar-refractivity contribution is -0.111. The Morgan fingerprint density at radius 1 is 1.05 bits per heavy atom. The van der Waals surface area contributed by atoms with Gasteiger partial charge in [-0.15, -0.1) is 0 Å². The van der Waals surface area contributed by atoms with E-state index in [0.717, 1.165) is 4.47 Å². The van der Waals surface area contributed by atoms with Crippen LogP contribution in [0.25, 0.3) is 0 Å². The Morgan fingerprint density at radius 2 is 1.58 bits per heavy atom. The topological polar surface area (TPSA) is 46.5 Å². The van der Waals surface area contributed by atoms with E-state index in [1.165, 1.54) is 12.2 Å². The van der Waals surface area contributed by atoms with Crippen molar-refractivity contribution in [2.45, 2.75) is 0 Å². The van der Waals surface area contributed by atoms with Gasteiger partial charge >= 0.3 is 0 Å². The molecule has 0 atom stereocenters. The molecule has 0 N–H and O–H groups in total. The van der Waals surface area contributed by atoms with Crippen LogP contribution in [0.4, 0.5) is 0 Å². The number of rotatable bonds is 1. The van der Waals surface area contributed by atoms with Crippen LogP contribution in [0.2, 0.25) is 0 Å². The average molecular weight is 359 g/mol. The summed E-state index contributed by atoms with van der Waals surface area (Å²) in [4.78, 5) is 27.1. The molecule has 0 spiro atoms. The van der Waals surface area contributed by atoms with Crippen LogP contribution < -0.4 is 0 Å². The number of aliphatic imine (C=N–C) groups is 1. The molecule has 0 radical (unpaired) electrons. The van der Waals surface area contributed by atoms with Crippen molar-refractivity contribution in [3.63, 3.8) is 0 Å². The van der Waals surface area contributed by atoms with Gasteiger partial charge in [-0.1, -0.05) is 39.1 Å². The zero-order valence-electron chi connectivity index (χ0n) is 9.36. The standard InChI is InChI=1S/C13H6BrCl2NO2/c14-8-3-1-7(2-4-8)13(19)17-9-5-10(15)12(18)11(16)6-9/h1-6H. The molecule has 96 valence electrons. The maximum absolute atomic E-state index is 11.9. The van der Waals surface area contributed by atoms with Crippen molar-refractivity contribution < 1.29 is 9.59 Å². The molecular weight excluding hydrogens is 353 g/mol. The molecule has 0 aliphatic heterocycles. The van der Waals surface area contributed by atoms with Crippen LogP contribution in [-0.2, 0) is 4.79 Å². The summed E-state index contributed by atoms with van der Waals surface area (Å²) >= 11 is 14.7. The molecule has 0 saturated heterocycles. The molecule has 1 aromatic carbocycles. The van der Waals surface area contributed by atoms with Crippen molar-refractivity contribution in [2.75, 3.05) is 0 Å². The van der Waals surface area contributed by atoms with E-state index in [1.54, 1.807) is 24.3 Å². The summed E-state index contributed by atoms with van der Waals surface area (Å²) in [6.07, 6.45) is 2.62. The number of allylic oxidation sites excluding steroid dienone is 4. The molecule has 3 nitrogen and oxygen atoms in total. The van der Waals surface area contributed by atoms with Crippen molar-refractivity contribution in [1.82, 2.24) is 0 Å². The second kappa shape index (κ2) is 5.82. The third-order valence-corrected chi connectivity index (χ3v) is 3.40. The molecule has 1 aromatic rings. The van der Waals surface area contributed by atoms with Crippen LogP contribution in [0.3, 0.4) is 0 Å². The number of Topliss-reactive ketones (excluding diaryl/α,β-unsaturated/α-hetero) is 1. The van der Waals surface area contributed by atoms with Gasteiger partial charge in [-0.2, -0.15) is 0 Å². The summed E-state index contributed by atoms with van der Waals surface area (Å²) in [6, 6.07) is 6.76. The maximum Gasteiger partial charge on any atom is 0.277 e. The smallest absolute Gasteiger partial charge is 0.277 e. The summed E-state index contributed by atoms with van der Waals surface area (Å²) in [6.45, 7) is 0. The molecule has 0 aromatic heterocycles. The molecule has 6 heteroatoms. The minimum absolute atomic E-state index is 0.0603. The van der Waals surface area contributed by atoms with Gasteiger partial charge in [-0.3, -0.25) is 9.59 Å². The molecule has 19 heavy (non-hydrogen) atoms. The van der Waals surface area contributed by atoms with E-state index < -0.39 is 11.7 Å². The van der Waals surface area contributed by atoms with Gasteiger partial charge in [0.2, 0.25) is 5.78 Å². The van der Waals surface area contributed by atoms with Crippen LogP contribution in [-0.4, -0.2) is 17.4 Å². The van der Waals surface area contributed by atoms with Crippen LogP contribution >= 0.6 is 39.1 Å². The molecule has 0 bridgehead atoms. The predicted octanol–water partition coefficient (Wildman–Crippen LogP) is 3.86. The van der Waals surface area contributed by atoms with E-state index in [0.29, 0.717) is 5.56 Å². The van der Waals surface area contributed by atoms with Gasteiger partial charge in [-0.25, -0.2) is 4.99 Å². The highest BCUT2D eigenvalue weighted by Crippen LogP contribution is 2.20. The van der Waals surface area contributed by atoms with Crippen molar-refractivity contribution in [1.29, 1.82) is 0 Å². The normalized spacial score (nSPS) is 14.9. The lowest BCUT2D eigenvalue weighted by Gasteiger charge is -2.05. The van der Waals surface area contributed by atoms with Gasteiger partial charge in [0.25, 0.3) is 5.91 Å². The van der Waals surface area contributed by atoms with E-state index in [2.05, 4.69) is 20.9 Å². The number of hydrogen-bond acceptors (Lipinski definition) is 2. The largest absolute Gasteiger partial charge is 0.287 e. The van der Waals surface area contributed by atoms with Crippen LogP contribution in [0.5, 0.6) is 0 Å². The van der Waals surface area contributed by atoms with Crippen molar-refractivity contribution >= 4 is 56.5 Å². The molecule has 1 amide bonds. The minimum Gasteiger partial charge on any atom is -0.287 e. The van der Waals surface area contributed by atoms with E-state index in [-0.39, 0.29) is 15.8 Å². The summed E-state index contributed by atoms with van der Waals surface area (Å²) < 4.78 is 0.867. The van der Waals surface area contributed by atoms with E-state index in [4.69, 9.17) is 23.2 Å². The van der Waals surface area contributed by atoms with Gasteiger partial charge in [-0.05, 0) is 36.4 Å². The van der Waals surface area contributed by atoms with E-state index >= 15 is 0 Å². The van der Waals surface area contributed by atoms with Gasteiger partial charge in [0.1, 0.15) is 0 Å². The summed E-state index contributed by atoms with van der Waals surface area (Å²) in [7, 11) is 0. The maximum atomic E-state index is 11.9. The Labute approximate surface area is 127 Å². The zero-order valence-corrected chi connectivity index (χ0v) is 12.5. The van der Waals surface area contributed by atoms with Crippen LogP contribution in [0, 0.1) is 0 Å². The Hall–Kier alpha value is -1.23. The highest BCUT2D eigenvalue weighted by molar-refractivity contribution is 9.10. The summed E-state index contributed by atoms with van der Waals surface area (Å²) in [5.41, 5.74) is 0.684. The first-order valence-corrected chi connectivity index (χ1v) is 6.70. The SMILES string of the molecule is O=C1C(Cl)=CC(=NC(=O)c2ccc(Br)cc2)C=C1Cl. The summed E-state index contributed by atoms with van der Waals surface area (Å²) in [5, 5.41) is -0.121. The first-order valence-electron chi connectivity index (χ1n) is 5.15. The number of carbonyl (C=O) groups is 2. The Balaban J connectivity index is 2.29. The Kier molecular flexibility index (Phi) is 4.34. The number of benzene rings is 1. The van der Waals surface area contributed by atoms with Gasteiger partial charge in [0, 0.05) is 10.0 Å². The Bertz CT molecular complexity index is 621. The highest BCUT2D eigenvalue weighted by atomic mass is 79.9. The third kappa shape index (κ3) is 3.41. The molecule has 1 aliphatic carbocycles. The second-order valence-electron chi connectivity index (χ2n) is 3.66. The molecule has 0 saturated carbocycles. The number of ketones is 1. The summed E-state index contributed by atoms with van der Waals surface area (Å²) in [5.74, 6) is -0.906. The number of nitrogens with zero attached hydrogens (tertiary/aromatic N) is 1. The molecule has 2 rings (SSSR count). The molecular formula is C13H6BrCl2NO2. The van der Waals surface area contributed by atoms with Gasteiger partial charge in [0.05, 0.1) is 15.8 Å². The number of halogens is 3. The van der Waals surface area contributed by atoms with Crippen molar-refractivity contribution in [2.24, 2.45) is 4.99 Å². The molecule has 0 unspecified atom stereocenters. The van der Waals surface area contributed by atoms with Gasteiger partial charge < -0.3 is 0 Å². The van der Waals surface area contributed by atoms with Crippen molar-refractivity contribution in [3.8, 4) is 0 Å². The van der Waals surface area contributed by atoms with Gasteiger partial charge in [0.15, 0.2) is 0 Å². The average Bonchev–Trinajstić information content (AvgIpc) is 2.36. The first-order chi connectivity index (χ1) is 8.97. The van der Waals surface area contributed by atoms with Crippen molar-refractivity contribution in [3.05, 3.63) is 56.5 Å². The fourth-order valence-corrected chi connectivity index (χ4v) is 2.13. The minimum atomic E-state index is -0.474. The predicted molar refractivity (Wildman–Crippen MR) is 78.8 cm³/mol. The lowest BCUT2D eigenvalue weighted by Crippen LogP contribution is -2.09. The lowest BCUT2D eigenvalue weighted by atomic mass is 10.1. The number of amides is 1. The molecule has 0 fully saturated rings. The first kappa shape index (κ1) is 14.2. The van der Waals surface area contributed by atoms with Crippen LogP contribution in [0.15, 0.2) is 55.9 Å². The fourth-order valence-electron chi connectivity index (χ4n) is 1.39. The molecule has 0 heterocycles. The monoisotopic (exact) mass is 357 g/mol. The quantitative estimate of drug-likeness (QED) is 0.715. The molecule has 1 aliphatic rings. The number of carbonyl (C=O) groups excluding carboxylic acids is 2. The highest BCUT2D eigenvalue weighted by Gasteiger charge is 2.18. The number of hydrogen-bond donors (Lipinski definition) is 0. The van der Waals surface area contributed by atoms with E-state index in [1.807, 2.05) is 0 Å². The second-order valence-corrected chi connectivity index (χ2v) is 5.39. The van der Waals surface area contributed by atoms with E-state index in [9.17, 15) is 9.59 Å². The zero-order chi connectivity index (χ0) is 14.0. The fraction of sp³-hybridized carbons (Fsp3) is 0.